The third-order valence-electron chi connectivity index (χ3n) is 1.86. The Morgan fingerprint density at radius 1 is 1.50 bits per heavy atom. The van der Waals surface area contributed by atoms with Gasteiger partial charge in [-0.1, -0.05) is 13.3 Å². The molecule has 0 bridgehead atoms. The summed E-state index contributed by atoms with van der Waals surface area (Å²) < 4.78 is 0. The molecule has 70 valence electrons. The molecular weight excluding hydrogens is 154 g/mol. The van der Waals surface area contributed by atoms with Crippen molar-refractivity contribution in [3.8, 4) is 0 Å². The van der Waals surface area contributed by atoms with Gasteiger partial charge in [-0.15, -0.1) is 0 Å². The zero-order chi connectivity index (χ0) is 9.56. The molecule has 1 unspecified atom stereocenters. The fourth-order valence-electron chi connectivity index (χ4n) is 0.964. The van der Waals surface area contributed by atoms with E-state index >= 15 is 0 Å². The number of hydrogen-bond acceptors (Lipinski definition) is 2. The topological polar surface area (TPSA) is 61.2 Å². The maximum absolute atomic E-state index is 10.4. The van der Waals surface area contributed by atoms with Crippen LogP contribution in [0.1, 0.15) is 39.5 Å². The summed E-state index contributed by atoms with van der Waals surface area (Å²) in [7, 11) is 0. The van der Waals surface area contributed by atoms with Crippen LogP contribution in [0.2, 0.25) is 0 Å². The van der Waals surface area contributed by atoms with E-state index in [9.17, 15) is 4.79 Å². The van der Waals surface area contributed by atoms with Crippen molar-refractivity contribution >= 4 is 11.7 Å². The molecule has 0 heterocycles. The number of hydrogen-bond donors (Lipinski definition) is 2. The van der Waals surface area contributed by atoms with E-state index in [-0.39, 0.29) is 5.92 Å². The Kier molecular flexibility index (Phi) is 5.34. The van der Waals surface area contributed by atoms with Gasteiger partial charge in [-0.05, 0) is 26.2 Å². The number of aliphatic carboxylic acids is 1. The van der Waals surface area contributed by atoms with Gasteiger partial charge in [-0.25, -0.2) is 0 Å². The second-order valence-electron chi connectivity index (χ2n) is 3.27. The van der Waals surface area contributed by atoms with Gasteiger partial charge in [0.2, 0.25) is 0 Å². The average molecular weight is 171 g/mol. The summed E-state index contributed by atoms with van der Waals surface area (Å²) in [5, 5.41) is 15.7. The van der Waals surface area contributed by atoms with Gasteiger partial charge in [0.05, 0.1) is 5.92 Å². The van der Waals surface area contributed by atoms with Gasteiger partial charge in [0.1, 0.15) is 0 Å². The predicted molar refractivity (Wildman–Crippen MR) is 48.7 cm³/mol. The second kappa shape index (κ2) is 5.75. The van der Waals surface area contributed by atoms with Gasteiger partial charge in [-0.3, -0.25) is 4.79 Å². The van der Waals surface area contributed by atoms with Crippen molar-refractivity contribution in [2.24, 2.45) is 5.92 Å². The van der Waals surface area contributed by atoms with Crippen LogP contribution in [0.25, 0.3) is 0 Å². The molecule has 0 aliphatic carbocycles. The maximum atomic E-state index is 10.4. The van der Waals surface area contributed by atoms with Gasteiger partial charge in [0.25, 0.3) is 0 Å². The number of carboxylic acid groups (broad SMARTS) is 1. The summed E-state index contributed by atoms with van der Waals surface area (Å²) >= 11 is 0. The Morgan fingerprint density at radius 2 is 2.08 bits per heavy atom. The maximum Gasteiger partial charge on any atom is 0.306 e. The van der Waals surface area contributed by atoms with E-state index in [2.05, 4.69) is 0 Å². The van der Waals surface area contributed by atoms with Gasteiger partial charge in [0.15, 0.2) is 0 Å². The van der Waals surface area contributed by atoms with Gasteiger partial charge in [0, 0.05) is 5.71 Å². The number of rotatable bonds is 6. The van der Waals surface area contributed by atoms with Crippen molar-refractivity contribution in [2.75, 3.05) is 0 Å². The lowest BCUT2D eigenvalue weighted by molar-refractivity contribution is -0.141. The van der Waals surface area contributed by atoms with Crippen LogP contribution in [0.4, 0.5) is 0 Å². The molecule has 0 aromatic rings. The minimum Gasteiger partial charge on any atom is -0.481 e. The molecule has 0 aliphatic rings. The lowest BCUT2D eigenvalue weighted by atomic mass is 10.0. The van der Waals surface area contributed by atoms with Crippen LogP contribution in [0.15, 0.2) is 0 Å². The third-order valence-corrected chi connectivity index (χ3v) is 1.86. The van der Waals surface area contributed by atoms with E-state index < -0.39 is 5.97 Å². The van der Waals surface area contributed by atoms with Crippen LogP contribution in [0.3, 0.4) is 0 Å². The highest BCUT2D eigenvalue weighted by molar-refractivity contribution is 5.78. The Bertz CT molecular complexity index is 166. The first kappa shape index (κ1) is 11.1. The van der Waals surface area contributed by atoms with Gasteiger partial charge >= 0.3 is 5.97 Å². The molecule has 3 heteroatoms. The molecule has 0 fully saturated rings. The monoisotopic (exact) mass is 171 g/mol. The van der Waals surface area contributed by atoms with E-state index in [1.54, 1.807) is 13.8 Å². The fraction of sp³-hybridized carbons (Fsp3) is 0.778. The summed E-state index contributed by atoms with van der Waals surface area (Å²) in [6.45, 7) is 3.50. The van der Waals surface area contributed by atoms with Crippen molar-refractivity contribution < 1.29 is 9.90 Å². The molecule has 0 saturated carbocycles. The van der Waals surface area contributed by atoms with E-state index in [0.29, 0.717) is 5.71 Å². The molecule has 0 aromatic heterocycles. The third kappa shape index (κ3) is 5.89. The number of carbonyl (C=O) groups is 1. The molecule has 0 radical (unpaired) electrons. The fourth-order valence-corrected chi connectivity index (χ4v) is 0.964. The van der Waals surface area contributed by atoms with Crippen molar-refractivity contribution in [1.82, 2.24) is 0 Å². The SMILES string of the molecule is CC(=N)CCCCC(C)C(=O)O. The highest BCUT2D eigenvalue weighted by atomic mass is 16.4. The minimum atomic E-state index is -0.721. The molecule has 0 rings (SSSR count). The largest absolute Gasteiger partial charge is 0.481 e. The van der Waals surface area contributed by atoms with E-state index in [0.717, 1.165) is 25.7 Å². The first-order valence-corrected chi connectivity index (χ1v) is 4.31. The lowest BCUT2D eigenvalue weighted by Gasteiger charge is -2.04. The van der Waals surface area contributed by atoms with Crippen LogP contribution >= 0.6 is 0 Å². The van der Waals surface area contributed by atoms with Crippen molar-refractivity contribution in [2.45, 2.75) is 39.5 Å². The van der Waals surface area contributed by atoms with E-state index in [1.807, 2.05) is 0 Å². The molecular formula is C9H17NO2. The van der Waals surface area contributed by atoms with Crippen LogP contribution in [-0.4, -0.2) is 16.8 Å². The molecule has 0 spiro atoms. The van der Waals surface area contributed by atoms with Gasteiger partial charge < -0.3 is 10.5 Å². The molecule has 0 aliphatic heterocycles. The molecule has 0 amide bonds. The van der Waals surface area contributed by atoms with E-state index in [4.69, 9.17) is 10.5 Å². The minimum absolute atomic E-state index is 0.240. The number of unbranched alkanes of at least 4 members (excludes halogenated alkanes) is 1. The number of nitrogens with one attached hydrogen (secondary N) is 1. The summed E-state index contributed by atoms with van der Waals surface area (Å²) in [5.74, 6) is -0.961. The molecule has 2 N–H and O–H groups in total. The summed E-state index contributed by atoms with van der Waals surface area (Å²) in [5.41, 5.74) is 0.679. The smallest absolute Gasteiger partial charge is 0.306 e. The molecule has 0 saturated heterocycles. The first-order valence-electron chi connectivity index (χ1n) is 4.31. The predicted octanol–water partition coefficient (Wildman–Crippen LogP) is 2.31. The first-order chi connectivity index (χ1) is 5.54. The molecule has 1 atom stereocenters. The quantitative estimate of drug-likeness (QED) is 0.476. The standard InChI is InChI=1S/C9H17NO2/c1-7(9(11)12)5-3-4-6-8(2)10/h7,10H,3-6H2,1-2H3,(H,11,12). The molecule has 0 aromatic carbocycles. The molecule has 3 nitrogen and oxygen atoms in total. The Morgan fingerprint density at radius 3 is 2.50 bits per heavy atom. The highest BCUT2D eigenvalue weighted by Crippen LogP contribution is 2.09. The highest BCUT2D eigenvalue weighted by Gasteiger charge is 2.09. The summed E-state index contributed by atoms with van der Waals surface area (Å²) in [6, 6.07) is 0. The summed E-state index contributed by atoms with van der Waals surface area (Å²) in [4.78, 5) is 10.4. The Labute approximate surface area is 73.3 Å². The zero-order valence-electron chi connectivity index (χ0n) is 7.76. The second-order valence-corrected chi connectivity index (χ2v) is 3.27. The Balaban J connectivity index is 3.31. The molecule has 12 heavy (non-hydrogen) atoms. The average Bonchev–Trinajstić information content (AvgIpc) is 1.97. The summed E-state index contributed by atoms with van der Waals surface area (Å²) in [6.07, 6.45) is 3.37. The van der Waals surface area contributed by atoms with Crippen molar-refractivity contribution in [3.63, 3.8) is 0 Å². The number of carboxylic acids is 1. The van der Waals surface area contributed by atoms with Crippen LogP contribution in [0.5, 0.6) is 0 Å². The van der Waals surface area contributed by atoms with Crippen LogP contribution in [-0.2, 0) is 4.79 Å². The van der Waals surface area contributed by atoms with Crippen LogP contribution < -0.4 is 0 Å². The van der Waals surface area contributed by atoms with E-state index in [1.165, 1.54) is 0 Å². The zero-order valence-corrected chi connectivity index (χ0v) is 7.76. The lowest BCUT2D eigenvalue weighted by Crippen LogP contribution is -2.08. The Hall–Kier alpha value is -0.860. The van der Waals surface area contributed by atoms with Gasteiger partial charge in [-0.2, -0.15) is 0 Å². The van der Waals surface area contributed by atoms with Crippen LogP contribution in [0, 0.1) is 11.3 Å². The van der Waals surface area contributed by atoms with Crippen molar-refractivity contribution in [3.05, 3.63) is 0 Å². The van der Waals surface area contributed by atoms with Crippen molar-refractivity contribution in [1.29, 1.82) is 5.41 Å². The normalized spacial score (nSPS) is 12.5.